The van der Waals surface area contributed by atoms with E-state index >= 15 is 0 Å². The topological polar surface area (TPSA) is 72.4 Å². The van der Waals surface area contributed by atoms with Crippen LogP contribution in [0.1, 0.15) is 10.5 Å². The van der Waals surface area contributed by atoms with Gasteiger partial charge in [0, 0.05) is 6.20 Å². The predicted octanol–water partition coefficient (Wildman–Crippen LogP) is 1.87. The summed E-state index contributed by atoms with van der Waals surface area (Å²) in [5.74, 6) is -0.837. The number of carbonyl (C=O) groups is 1. The molecule has 7 heteroatoms. The molecule has 0 atom stereocenters. The maximum Gasteiger partial charge on any atom is 0.356 e. The third kappa shape index (κ3) is 1.54. The van der Waals surface area contributed by atoms with Crippen molar-refractivity contribution in [3.8, 4) is 5.82 Å². The minimum Gasteiger partial charge on any atom is -0.476 e. The molecule has 0 aliphatic rings. The van der Waals surface area contributed by atoms with E-state index in [9.17, 15) is 9.90 Å². The van der Waals surface area contributed by atoms with Crippen LogP contribution < -0.4 is 0 Å². The first-order valence-electron chi connectivity index (χ1n) is 5.08. The van der Waals surface area contributed by atoms with E-state index in [1.54, 1.807) is 24.4 Å². The lowest BCUT2D eigenvalue weighted by atomic mass is 10.4. The molecule has 1 N–H and O–H groups in total. The summed E-state index contributed by atoms with van der Waals surface area (Å²) in [5, 5.41) is 13.7. The van der Waals surface area contributed by atoms with Crippen molar-refractivity contribution in [2.24, 2.45) is 0 Å². The van der Waals surface area contributed by atoms with E-state index in [2.05, 4.69) is 10.1 Å². The van der Waals surface area contributed by atoms with Gasteiger partial charge in [-0.15, -0.1) is 0 Å². The molecule has 0 radical (unpaired) electrons. The van der Waals surface area contributed by atoms with Crippen molar-refractivity contribution in [2.75, 3.05) is 0 Å². The summed E-state index contributed by atoms with van der Waals surface area (Å²) < 4.78 is 2.84. The minimum atomic E-state index is -1.07. The van der Waals surface area contributed by atoms with Gasteiger partial charge < -0.3 is 5.11 Å². The highest BCUT2D eigenvalue weighted by atomic mass is 35.5. The van der Waals surface area contributed by atoms with E-state index in [1.165, 1.54) is 21.5 Å². The van der Waals surface area contributed by atoms with Crippen LogP contribution in [0.2, 0.25) is 5.02 Å². The molecule has 0 aliphatic heterocycles. The monoisotopic (exact) mass is 262 g/mol. The number of hydrogen-bond donors (Lipinski definition) is 1. The van der Waals surface area contributed by atoms with Gasteiger partial charge in [-0.2, -0.15) is 5.10 Å². The molecular formula is C11H7ClN4O2. The molecule has 0 unspecified atom stereocenters. The number of aromatic carboxylic acids is 1. The van der Waals surface area contributed by atoms with E-state index in [0.717, 1.165) is 0 Å². The van der Waals surface area contributed by atoms with Crippen molar-refractivity contribution < 1.29 is 9.90 Å². The molecule has 3 rings (SSSR count). The van der Waals surface area contributed by atoms with Crippen molar-refractivity contribution in [2.45, 2.75) is 0 Å². The van der Waals surface area contributed by atoms with Gasteiger partial charge in [0.2, 0.25) is 0 Å². The second-order valence-electron chi connectivity index (χ2n) is 3.62. The lowest BCUT2D eigenvalue weighted by Gasteiger charge is -1.98. The van der Waals surface area contributed by atoms with Gasteiger partial charge >= 0.3 is 5.97 Å². The molecule has 0 bridgehead atoms. The Hall–Kier alpha value is -2.34. The number of carboxylic acids is 1. The first-order valence-corrected chi connectivity index (χ1v) is 5.45. The fraction of sp³-hybridized carbons (Fsp3) is 0. The van der Waals surface area contributed by atoms with E-state index < -0.39 is 5.97 Å². The summed E-state index contributed by atoms with van der Waals surface area (Å²) in [6.45, 7) is 0. The van der Waals surface area contributed by atoms with Crippen LogP contribution in [0.25, 0.3) is 11.5 Å². The van der Waals surface area contributed by atoms with Crippen LogP contribution in [-0.2, 0) is 0 Å². The average molecular weight is 263 g/mol. The Labute approximate surface area is 106 Å². The van der Waals surface area contributed by atoms with Crippen LogP contribution in [0.15, 0.2) is 36.8 Å². The first kappa shape index (κ1) is 10.8. The third-order valence-electron chi connectivity index (χ3n) is 2.48. The summed E-state index contributed by atoms with van der Waals surface area (Å²) in [6, 6.07) is 5.25. The molecule has 90 valence electrons. The van der Waals surface area contributed by atoms with Crippen molar-refractivity contribution in [1.29, 1.82) is 0 Å². The summed E-state index contributed by atoms with van der Waals surface area (Å²) in [7, 11) is 0. The SMILES string of the molecule is O=C(O)c1c(-n2cc(Cl)cn2)nc2ccccn12. The second kappa shape index (κ2) is 3.85. The normalized spacial score (nSPS) is 10.9. The number of carboxylic acid groups (broad SMARTS) is 1. The predicted molar refractivity (Wildman–Crippen MR) is 64.3 cm³/mol. The largest absolute Gasteiger partial charge is 0.476 e. The Morgan fingerprint density at radius 2 is 2.22 bits per heavy atom. The quantitative estimate of drug-likeness (QED) is 0.765. The molecular weight excluding hydrogens is 256 g/mol. The highest BCUT2D eigenvalue weighted by Crippen LogP contribution is 2.18. The number of nitrogens with zero attached hydrogens (tertiary/aromatic N) is 4. The zero-order valence-corrected chi connectivity index (χ0v) is 9.74. The maximum absolute atomic E-state index is 11.3. The molecule has 0 saturated heterocycles. The third-order valence-corrected chi connectivity index (χ3v) is 2.68. The number of fused-ring (bicyclic) bond motifs is 1. The number of hydrogen-bond acceptors (Lipinski definition) is 3. The fourth-order valence-electron chi connectivity index (χ4n) is 1.76. The molecule has 18 heavy (non-hydrogen) atoms. The molecule has 3 heterocycles. The van der Waals surface area contributed by atoms with E-state index in [-0.39, 0.29) is 11.5 Å². The molecule has 0 saturated carbocycles. The molecule has 0 aliphatic carbocycles. The Morgan fingerprint density at radius 3 is 2.89 bits per heavy atom. The van der Waals surface area contributed by atoms with Crippen molar-refractivity contribution in [1.82, 2.24) is 19.2 Å². The van der Waals surface area contributed by atoms with Gasteiger partial charge in [0.15, 0.2) is 11.5 Å². The van der Waals surface area contributed by atoms with Gasteiger partial charge in [-0.25, -0.2) is 14.5 Å². The zero-order chi connectivity index (χ0) is 12.7. The van der Waals surface area contributed by atoms with Crippen LogP contribution in [0.3, 0.4) is 0 Å². The Kier molecular flexibility index (Phi) is 2.31. The van der Waals surface area contributed by atoms with E-state index in [0.29, 0.717) is 10.7 Å². The Morgan fingerprint density at radius 1 is 1.39 bits per heavy atom. The van der Waals surface area contributed by atoms with Crippen LogP contribution in [-0.4, -0.2) is 30.2 Å². The van der Waals surface area contributed by atoms with E-state index in [1.807, 2.05) is 0 Å². The summed E-state index contributed by atoms with van der Waals surface area (Å²) >= 11 is 5.78. The zero-order valence-electron chi connectivity index (χ0n) is 8.99. The molecule has 0 amide bonds. The van der Waals surface area contributed by atoms with Crippen LogP contribution in [0.5, 0.6) is 0 Å². The second-order valence-corrected chi connectivity index (χ2v) is 4.06. The molecule has 0 aromatic carbocycles. The summed E-state index contributed by atoms with van der Waals surface area (Å²) in [6.07, 6.45) is 4.58. The maximum atomic E-state index is 11.3. The van der Waals surface area contributed by atoms with Gasteiger partial charge in [-0.3, -0.25) is 4.40 Å². The molecule has 0 spiro atoms. The van der Waals surface area contributed by atoms with Crippen LogP contribution >= 0.6 is 11.6 Å². The highest BCUT2D eigenvalue weighted by molar-refractivity contribution is 6.30. The highest BCUT2D eigenvalue weighted by Gasteiger charge is 2.20. The standard InChI is InChI=1S/C11H7ClN4O2/c12-7-5-13-16(6-7)10-9(11(17)18)15-4-2-1-3-8(15)14-10/h1-6H,(H,17,18). The minimum absolute atomic E-state index is 0.0466. The molecule has 3 aromatic rings. The molecule has 3 aromatic heterocycles. The number of rotatable bonds is 2. The van der Waals surface area contributed by atoms with Gasteiger partial charge in [0.25, 0.3) is 0 Å². The van der Waals surface area contributed by atoms with Gasteiger partial charge in [-0.05, 0) is 12.1 Å². The van der Waals surface area contributed by atoms with Gasteiger partial charge in [0.1, 0.15) is 5.65 Å². The van der Waals surface area contributed by atoms with Gasteiger partial charge in [0.05, 0.1) is 17.4 Å². The summed E-state index contributed by atoms with van der Waals surface area (Å²) in [5.41, 5.74) is 0.585. The lowest BCUT2D eigenvalue weighted by Crippen LogP contribution is -2.07. The molecule has 6 nitrogen and oxygen atoms in total. The van der Waals surface area contributed by atoms with Crippen LogP contribution in [0, 0.1) is 0 Å². The molecule has 0 fully saturated rings. The van der Waals surface area contributed by atoms with Crippen molar-refractivity contribution in [3.05, 3.63) is 47.5 Å². The average Bonchev–Trinajstić information content (AvgIpc) is 2.91. The lowest BCUT2D eigenvalue weighted by molar-refractivity contribution is 0.0689. The number of pyridine rings is 1. The number of aromatic nitrogens is 4. The Balaban J connectivity index is 2.34. The number of imidazole rings is 1. The Bertz CT molecular complexity index is 746. The summed E-state index contributed by atoms with van der Waals surface area (Å²) in [4.78, 5) is 15.6. The first-order chi connectivity index (χ1) is 8.66. The van der Waals surface area contributed by atoms with E-state index in [4.69, 9.17) is 11.6 Å². The number of halogens is 1. The van der Waals surface area contributed by atoms with Crippen molar-refractivity contribution in [3.63, 3.8) is 0 Å². The fourth-order valence-corrected chi connectivity index (χ4v) is 1.89. The van der Waals surface area contributed by atoms with Crippen LogP contribution in [0.4, 0.5) is 0 Å². The smallest absolute Gasteiger partial charge is 0.356 e. The van der Waals surface area contributed by atoms with Crippen molar-refractivity contribution >= 4 is 23.2 Å². The van der Waals surface area contributed by atoms with Gasteiger partial charge in [-0.1, -0.05) is 17.7 Å².